The fraction of sp³-hybridized carbons (Fsp3) is 0.375. The van der Waals surface area contributed by atoms with Crippen LogP contribution in [0.3, 0.4) is 0 Å². The fourth-order valence-electron chi connectivity index (χ4n) is 2.68. The van der Waals surface area contributed by atoms with Gasteiger partial charge in [-0.1, -0.05) is 0 Å². The maximum Gasteiger partial charge on any atom is 0.232 e. The molecule has 22 heavy (non-hydrogen) atoms. The van der Waals surface area contributed by atoms with E-state index in [4.69, 9.17) is 10.5 Å². The van der Waals surface area contributed by atoms with Gasteiger partial charge in [0.05, 0.1) is 5.41 Å². The van der Waals surface area contributed by atoms with E-state index in [0.717, 1.165) is 17.1 Å². The lowest BCUT2D eigenvalue weighted by molar-refractivity contribution is -0.130. The summed E-state index contributed by atoms with van der Waals surface area (Å²) >= 11 is 0. The van der Waals surface area contributed by atoms with Crippen molar-refractivity contribution in [1.82, 2.24) is 9.97 Å². The van der Waals surface area contributed by atoms with E-state index in [1.54, 1.807) is 12.4 Å². The molecule has 0 unspecified atom stereocenters. The van der Waals surface area contributed by atoms with E-state index >= 15 is 0 Å². The third kappa shape index (κ3) is 2.88. The number of rotatable bonds is 4. The van der Waals surface area contributed by atoms with Crippen molar-refractivity contribution in [2.24, 2.45) is 11.1 Å². The molecule has 1 saturated heterocycles. The zero-order valence-corrected chi connectivity index (χ0v) is 12.3. The molecule has 1 fully saturated rings. The number of nitrogens with one attached hydrogen (secondary N) is 2. The number of hydrogen-bond acceptors (Lipinski definition) is 4. The summed E-state index contributed by atoms with van der Waals surface area (Å²) in [5.41, 5.74) is 7.07. The van der Waals surface area contributed by atoms with Gasteiger partial charge in [-0.3, -0.25) is 4.79 Å². The average molecular weight is 300 g/mol. The third-order valence-corrected chi connectivity index (χ3v) is 4.24. The minimum Gasteiger partial charge on any atom is -0.381 e. The van der Waals surface area contributed by atoms with Crippen molar-refractivity contribution in [1.29, 1.82) is 0 Å². The Kier molecular flexibility index (Phi) is 4.22. The van der Waals surface area contributed by atoms with Gasteiger partial charge >= 0.3 is 0 Å². The molecule has 1 aliphatic rings. The van der Waals surface area contributed by atoms with Crippen LogP contribution in [0.5, 0.6) is 0 Å². The van der Waals surface area contributed by atoms with Crippen LogP contribution >= 0.6 is 0 Å². The van der Waals surface area contributed by atoms with Crippen molar-refractivity contribution in [3.05, 3.63) is 36.7 Å². The van der Waals surface area contributed by atoms with Crippen LogP contribution in [-0.2, 0) is 9.53 Å². The molecular formula is C16H20N4O2. The normalized spacial score (nSPS) is 17.1. The van der Waals surface area contributed by atoms with Crippen LogP contribution in [0.15, 0.2) is 36.7 Å². The number of anilines is 1. The summed E-state index contributed by atoms with van der Waals surface area (Å²) < 4.78 is 5.34. The molecule has 3 rings (SSSR count). The van der Waals surface area contributed by atoms with Gasteiger partial charge in [-0.15, -0.1) is 0 Å². The molecule has 0 spiro atoms. The molecule has 0 radical (unpaired) electrons. The Bertz CT molecular complexity index is 616. The van der Waals surface area contributed by atoms with Crippen molar-refractivity contribution in [2.45, 2.75) is 12.8 Å². The molecule has 0 aliphatic carbocycles. The first-order valence-electron chi connectivity index (χ1n) is 7.43. The van der Waals surface area contributed by atoms with Crippen LogP contribution in [0.1, 0.15) is 12.8 Å². The Hall–Kier alpha value is -2.18. The summed E-state index contributed by atoms with van der Waals surface area (Å²) in [5, 5.41) is 2.97. The van der Waals surface area contributed by atoms with Gasteiger partial charge in [0.2, 0.25) is 5.91 Å². The first-order valence-corrected chi connectivity index (χ1v) is 7.43. The number of carbonyl (C=O) groups is 1. The Labute approximate surface area is 129 Å². The van der Waals surface area contributed by atoms with Crippen LogP contribution < -0.4 is 11.1 Å². The molecule has 2 aromatic rings. The topological polar surface area (TPSA) is 93.0 Å². The molecule has 1 aromatic carbocycles. The van der Waals surface area contributed by atoms with Crippen molar-refractivity contribution in [2.75, 3.05) is 25.1 Å². The predicted octanol–water partition coefficient (Wildman–Crippen LogP) is 1.77. The van der Waals surface area contributed by atoms with E-state index in [1.165, 1.54) is 0 Å². The quantitative estimate of drug-likeness (QED) is 0.802. The second-order valence-electron chi connectivity index (χ2n) is 5.57. The highest BCUT2D eigenvalue weighted by Gasteiger charge is 2.38. The zero-order valence-electron chi connectivity index (χ0n) is 12.3. The Morgan fingerprint density at radius 3 is 2.64 bits per heavy atom. The number of benzene rings is 1. The van der Waals surface area contributed by atoms with Gasteiger partial charge in [0.15, 0.2) is 0 Å². The molecule has 1 aliphatic heterocycles. The molecule has 6 nitrogen and oxygen atoms in total. The van der Waals surface area contributed by atoms with Gasteiger partial charge in [0.1, 0.15) is 5.82 Å². The number of H-pyrrole nitrogens is 1. The average Bonchev–Trinajstić information content (AvgIpc) is 3.10. The highest BCUT2D eigenvalue weighted by molar-refractivity contribution is 5.95. The van der Waals surface area contributed by atoms with Crippen LogP contribution in [0.2, 0.25) is 0 Å². The summed E-state index contributed by atoms with van der Waals surface area (Å²) in [6.45, 7) is 1.51. The number of amides is 1. The van der Waals surface area contributed by atoms with Crippen LogP contribution in [0.25, 0.3) is 11.4 Å². The van der Waals surface area contributed by atoms with Gasteiger partial charge in [0.25, 0.3) is 0 Å². The van der Waals surface area contributed by atoms with Gasteiger partial charge in [-0.05, 0) is 37.1 Å². The van der Waals surface area contributed by atoms with Gasteiger partial charge in [-0.25, -0.2) is 4.98 Å². The van der Waals surface area contributed by atoms with Crippen LogP contribution in [0.4, 0.5) is 5.69 Å². The summed E-state index contributed by atoms with van der Waals surface area (Å²) in [6.07, 6.45) is 4.82. The SMILES string of the molecule is NCC1(C(=O)Nc2ccc(-c3ncc[nH]3)cc2)CCOCC1. The highest BCUT2D eigenvalue weighted by atomic mass is 16.5. The molecule has 2 heterocycles. The van der Waals surface area contributed by atoms with E-state index in [2.05, 4.69) is 15.3 Å². The molecule has 4 N–H and O–H groups in total. The molecule has 0 bridgehead atoms. The van der Waals surface area contributed by atoms with Crippen molar-refractivity contribution >= 4 is 11.6 Å². The lowest BCUT2D eigenvalue weighted by atomic mass is 9.79. The number of aromatic amines is 1. The maximum atomic E-state index is 12.6. The number of ether oxygens (including phenoxy) is 1. The van der Waals surface area contributed by atoms with Crippen molar-refractivity contribution < 1.29 is 9.53 Å². The smallest absolute Gasteiger partial charge is 0.232 e. The summed E-state index contributed by atoms with van der Waals surface area (Å²) in [7, 11) is 0. The molecule has 6 heteroatoms. The maximum absolute atomic E-state index is 12.6. The molecule has 1 aromatic heterocycles. The first-order chi connectivity index (χ1) is 10.7. The number of aromatic nitrogens is 2. The Morgan fingerprint density at radius 2 is 2.05 bits per heavy atom. The molecule has 0 atom stereocenters. The molecule has 0 saturated carbocycles. The largest absolute Gasteiger partial charge is 0.381 e. The van der Waals surface area contributed by atoms with Gasteiger partial charge in [0, 0.05) is 43.4 Å². The lowest BCUT2D eigenvalue weighted by Gasteiger charge is -2.34. The Morgan fingerprint density at radius 1 is 1.32 bits per heavy atom. The van der Waals surface area contributed by atoms with Crippen LogP contribution in [-0.4, -0.2) is 35.6 Å². The predicted molar refractivity (Wildman–Crippen MR) is 84.2 cm³/mol. The summed E-state index contributed by atoms with van der Waals surface area (Å²) in [4.78, 5) is 19.8. The highest BCUT2D eigenvalue weighted by Crippen LogP contribution is 2.31. The summed E-state index contributed by atoms with van der Waals surface area (Å²) in [5.74, 6) is 0.782. The van der Waals surface area contributed by atoms with E-state index < -0.39 is 5.41 Å². The van der Waals surface area contributed by atoms with Gasteiger partial charge < -0.3 is 20.8 Å². The lowest BCUT2D eigenvalue weighted by Crippen LogP contribution is -2.46. The van der Waals surface area contributed by atoms with E-state index in [1.807, 2.05) is 24.3 Å². The number of hydrogen-bond donors (Lipinski definition) is 3. The number of nitrogens with two attached hydrogens (primary N) is 1. The number of carbonyl (C=O) groups excluding carboxylic acids is 1. The minimum atomic E-state index is -0.516. The van der Waals surface area contributed by atoms with E-state index in [-0.39, 0.29) is 5.91 Å². The number of nitrogens with zero attached hydrogens (tertiary/aromatic N) is 1. The number of imidazole rings is 1. The second kappa shape index (κ2) is 6.29. The van der Waals surface area contributed by atoms with Crippen molar-refractivity contribution in [3.8, 4) is 11.4 Å². The van der Waals surface area contributed by atoms with Crippen LogP contribution in [0, 0.1) is 5.41 Å². The van der Waals surface area contributed by atoms with E-state index in [9.17, 15) is 4.79 Å². The monoisotopic (exact) mass is 300 g/mol. The first kappa shape index (κ1) is 14.7. The minimum absolute atomic E-state index is 0.0240. The Balaban J connectivity index is 1.71. The zero-order chi connectivity index (χ0) is 15.4. The molecular weight excluding hydrogens is 280 g/mol. The fourth-order valence-corrected chi connectivity index (χ4v) is 2.68. The van der Waals surface area contributed by atoms with Crippen molar-refractivity contribution in [3.63, 3.8) is 0 Å². The summed E-state index contributed by atoms with van der Waals surface area (Å²) in [6, 6.07) is 7.60. The van der Waals surface area contributed by atoms with Gasteiger partial charge in [-0.2, -0.15) is 0 Å². The van der Waals surface area contributed by atoms with E-state index in [0.29, 0.717) is 32.6 Å². The third-order valence-electron chi connectivity index (χ3n) is 4.24. The second-order valence-corrected chi connectivity index (χ2v) is 5.57. The molecule has 116 valence electrons. The molecule has 1 amide bonds. The standard InChI is InChI=1S/C16H20N4O2/c17-11-16(5-9-22-10-6-16)15(21)20-13-3-1-12(2-4-13)14-18-7-8-19-14/h1-4,7-8H,5-6,9-11,17H2,(H,18,19)(H,20,21).